The number of hydrogen-bond donors (Lipinski definition) is 1. The van der Waals surface area contributed by atoms with E-state index in [9.17, 15) is 14.4 Å². The van der Waals surface area contributed by atoms with Gasteiger partial charge in [0.25, 0.3) is 0 Å². The highest BCUT2D eigenvalue weighted by molar-refractivity contribution is 5.90. The van der Waals surface area contributed by atoms with E-state index in [-0.39, 0.29) is 37.3 Å². The maximum absolute atomic E-state index is 15.0. The fourth-order valence-electron chi connectivity index (χ4n) is 5.24. The number of anilines is 1. The molecule has 0 radical (unpaired) electrons. The molecule has 2 aromatic heterocycles. The van der Waals surface area contributed by atoms with Crippen LogP contribution in [0.25, 0.3) is 11.1 Å². The normalized spacial score (nSPS) is 26.6. The number of rotatable bonds is 5. The zero-order valence-electron chi connectivity index (χ0n) is 18.3. The summed E-state index contributed by atoms with van der Waals surface area (Å²) in [7, 11) is 0. The second kappa shape index (κ2) is 8.55. The Labute approximate surface area is 205 Å². The largest absolute Gasteiger partial charge is 0.442 e. The average Bonchev–Trinajstić information content (AvgIpc) is 3.29. The summed E-state index contributed by atoms with van der Waals surface area (Å²) in [5.74, 6) is -0.603. The molecule has 1 saturated carbocycles. The van der Waals surface area contributed by atoms with E-state index < -0.39 is 29.4 Å². The number of nitriles is 1. The number of halogens is 3. The Balaban J connectivity index is 0.00000253. The zero-order valence-corrected chi connectivity index (χ0v) is 19.1. The van der Waals surface area contributed by atoms with E-state index in [1.54, 1.807) is 30.5 Å². The molecule has 2 unspecified atom stereocenters. The van der Waals surface area contributed by atoms with E-state index >= 15 is 4.39 Å². The highest BCUT2D eigenvalue weighted by Gasteiger charge is 2.69. The molecule has 1 N–H and O–H groups in total. The van der Waals surface area contributed by atoms with Gasteiger partial charge in [0, 0.05) is 42.2 Å². The van der Waals surface area contributed by atoms with Gasteiger partial charge in [0.15, 0.2) is 0 Å². The summed E-state index contributed by atoms with van der Waals surface area (Å²) in [6.07, 6.45) is 1.26. The third-order valence-corrected chi connectivity index (χ3v) is 7.04. The molecular formula is C23H20ClF2N7O2. The number of cyclic esters (lactones) is 1. The monoisotopic (exact) mass is 499 g/mol. The number of benzene rings is 1. The molecule has 4 heterocycles. The van der Waals surface area contributed by atoms with Gasteiger partial charge in [-0.05, 0) is 24.3 Å². The number of piperidine rings is 1. The molecule has 3 fully saturated rings. The molecule has 12 heteroatoms. The Morgan fingerprint density at radius 1 is 1.20 bits per heavy atom. The maximum Gasteiger partial charge on any atom is 0.414 e. The number of aromatic nitrogens is 4. The number of nitrogens with one attached hydrogen (secondary N) is 1. The summed E-state index contributed by atoms with van der Waals surface area (Å²) in [5, 5.41) is 20.1. The van der Waals surface area contributed by atoms with Crippen molar-refractivity contribution in [2.45, 2.75) is 18.1 Å². The zero-order chi connectivity index (χ0) is 23.4. The van der Waals surface area contributed by atoms with Gasteiger partial charge < -0.3 is 10.1 Å². The molecular weight excluding hydrogens is 480 g/mol. The number of pyridine rings is 1. The molecule has 6 rings (SSSR count). The third kappa shape index (κ3) is 3.61. The van der Waals surface area contributed by atoms with Gasteiger partial charge in [0.05, 0.1) is 30.5 Å². The molecule has 9 nitrogen and oxygen atoms in total. The second-order valence-electron chi connectivity index (χ2n) is 8.80. The number of hydrogen-bond acceptors (Lipinski definition) is 7. The quantitative estimate of drug-likeness (QED) is 0.575. The lowest BCUT2D eigenvalue weighted by Crippen LogP contribution is -2.26. The van der Waals surface area contributed by atoms with Crippen LogP contribution < -0.4 is 10.2 Å². The fraction of sp³-hybridized carbons (Fsp3) is 0.348. The second-order valence-corrected chi connectivity index (χ2v) is 8.80. The lowest BCUT2D eigenvalue weighted by atomic mass is 9.96. The summed E-state index contributed by atoms with van der Waals surface area (Å²) < 4.78 is 34.9. The van der Waals surface area contributed by atoms with E-state index in [0.29, 0.717) is 16.8 Å². The predicted molar refractivity (Wildman–Crippen MR) is 122 cm³/mol. The smallest absolute Gasteiger partial charge is 0.414 e. The topological polar surface area (TPSA) is 109 Å². The molecule has 3 aromatic rings. The SMILES string of the molecule is Cl.N#CC1(c2ccc(-c3ccc(N4C[C@H](Cn5nncc5F)OC4=O)cc3F)cn2)C2CNCC21. The molecule has 3 atom stereocenters. The Bertz CT molecular complexity index is 1320. The number of amides is 1. The van der Waals surface area contributed by atoms with Crippen LogP contribution in [0, 0.1) is 34.9 Å². The number of carbonyl (C=O) groups is 1. The van der Waals surface area contributed by atoms with Gasteiger partial charge in [-0.2, -0.15) is 9.65 Å². The number of carbonyl (C=O) groups excluding carboxylic acids is 1. The van der Waals surface area contributed by atoms with Crippen molar-refractivity contribution in [1.82, 2.24) is 25.3 Å². The van der Waals surface area contributed by atoms with Crippen molar-refractivity contribution >= 4 is 24.2 Å². The summed E-state index contributed by atoms with van der Waals surface area (Å²) in [4.78, 5) is 18.1. The van der Waals surface area contributed by atoms with Crippen LogP contribution in [-0.2, 0) is 16.7 Å². The minimum absolute atomic E-state index is 0. The molecule has 2 saturated heterocycles. The van der Waals surface area contributed by atoms with Crippen molar-refractivity contribution in [3.63, 3.8) is 0 Å². The minimum atomic E-state index is -0.646. The molecule has 2 aliphatic heterocycles. The highest BCUT2D eigenvalue weighted by atomic mass is 35.5. The van der Waals surface area contributed by atoms with Crippen LogP contribution in [0.4, 0.5) is 19.3 Å². The lowest BCUT2D eigenvalue weighted by molar-refractivity contribution is 0.126. The molecule has 1 aliphatic carbocycles. The molecule has 3 aliphatic rings. The molecule has 0 spiro atoms. The van der Waals surface area contributed by atoms with E-state index in [4.69, 9.17) is 4.74 Å². The highest BCUT2D eigenvalue weighted by Crippen LogP contribution is 2.60. The van der Waals surface area contributed by atoms with E-state index in [1.807, 2.05) is 0 Å². The molecule has 1 aromatic carbocycles. The summed E-state index contributed by atoms with van der Waals surface area (Å²) in [6, 6.07) is 10.5. The first-order chi connectivity index (χ1) is 16.5. The van der Waals surface area contributed by atoms with Crippen molar-refractivity contribution in [1.29, 1.82) is 5.26 Å². The summed E-state index contributed by atoms with van der Waals surface area (Å²) >= 11 is 0. The predicted octanol–water partition coefficient (Wildman–Crippen LogP) is 2.68. The Kier molecular flexibility index (Phi) is 5.65. The molecule has 1 amide bonds. The number of nitrogens with zero attached hydrogens (tertiary/aromatic N) is 6. The van der Waals surface area contributed by atoms with Gasteiger partial charge in [0.1, 0.15) is 23.5 Å². The maximum atomic E-state index is 15.0. The fourth-order valence-corrected chi connectivity index (χ4v) is 5.24. The average molecular weight is 500 g/mol. The number of fused-ring (bicyclic) bond motifs is 1. The number of ether oxygens (including phenoxy) is 1. The van der Waals surface area contributed by atoms with Gasteiger partial charge in [-0.1, -0.05) is 11.3 Å². The van der Waals surface area contributed by atoms with Gasteiger partial charge in [-0.3, -0.25) is 9.88 Å². The Morgan fingerprint density at radius 3 is 2.63 bits per heavy atom. The molecule has 35 heavy (non-hydrogen) atoms. The van der Waals surface area contributed by atoms with Gasteiger partial charge >= 0.3 is 6.09 Å². The first-order valence-electron chi connectivity index (χ1n) is 10.9. The van der Waals surface area contributed by atoms with Crippen LogP contribution in [0.2, 0.25) is 0 Å². The van der Waals surface area contributed by atoms with Crippen molar-refractivity contribution in [2.24, 2.45) is 11.8 Å². The summed E-state index contributed by atoms with van der Waals surface area (Å²) in [5.41, 5.74) is 1.42. The van der Waals surface area contributed by atoms with Crippen LogP contribution in [0.15, 0.2) is 42.7 Å². The summed E-state index contributed by atoms with van der Waals surface area (Å²) in [6.45, 7) is 1.76. The van der Waals surface area contributed by atoms with Crippen molar-refractivity contribution in [3.8, 4) is 17.2 Å². The van der Waals surface area contributed by atoms with Crippen LogP contribution in [0.3, 0.4) is 0 Å². The van der Waals surface area contributed by atoms with Crippen LogP contribution in [0.1, 0.15) is 5.69 Å². The van der Waals surface area contributed by atoms with Crippen molar-refractivity contribution < 1.29 is 18.3 Å². The van der Waals surface area contributed by atoms with Gasteiger partial charge in [-0.25, -0.2) is 13.9 Å². The van der Waals surface area contributed by atoms with E-state index in [1.165, 1.54) is 11.0 Å². The minimum Gasteiger partial charge on any atom is -0.442 e. The first-order valence-corrected chi connectivity index (χ1v) is 10.9. The van der Waals surface area contributed by atoms with Crippen LogP contribution in [0.5, 0.6) is 0 Å². The molecule has 180 valence electrons. The first kappa shape index (κ1) is 23.1. The molecule has 0 bridgehead atoms. The van der Waals surface area contributed by atoms with Gasteiger partial charge in [0.2, 0.25) is 5.95 Å². The van der Waals surface area contributed by atoms with Crippen LogP contribution >= 0.6 is 12.4 Å². The third-order valence-electron chi connectivity index (χ3n) is 7.04. The Morgan fingerprint density at radius 2 is 2.00 bits per heavy atom. The van der Waals surface area contributed by atoms with E-state index in [2.05, 4.69) is 26.7 Å². The lowest BCUT2D eigenvalue weighted by Gasteiger charge is -2.15. The van der Waals surface area contributed by atoms with Crippen molar-refractivity contribution in [2.75, 3.05) is 24.5 Å². The standard InChI is InChI=1S/C23H19F2N7O2.ClH/c24-19-5-14(31-10-15(34-22(31)33)11-32-21(25)9-29-30-32)2-3-16(19)13-1-4-20(28-6-13)23(12-26)17-7-27-8-18(17)23;/h1-6,9,15,17-18,27H,7-8,10-11H2;1H/t15-,17?,18?,23?;/m1./s1. The van der Waals surface area contributed by atoms with Crippen LogP contribution in [-0.4, -0.2) is 51.8 Å². The Hall–Kier alpha value is -3.62. The van der Waals surface area contributed by atoms with Gasteiger partial charge in [-0.15, -0.1) is 17.5 Å². The van der Waals surface area contributed by atoms with E-state index in [0.717, 1.165) is 29.7 Å². The van der Waals surface area contributed by atoms with Crippen molar-refractivity contribution in [3.05, 3.63) is 60.2 Å².